The molecule has 1 atom stereocenters. The molecular weight excluding hydrogens is 330 g/mol. The van der Waals surface area contributed by atoms with Crippen LogP contribution in [0.2, 0.25) is 0 Å². The first-order chi connectivity index (χ1) is 9.38. The summed E-state index contributed by atoms with van der Waals surface area (Å²) in [5.41, 5.74) is 5.34. The van der Waals surface area contributed by atoms with E-state index in [2.05, 4.69) is 21.2 Å². The highest BCUT2D eigenvalue weighted by Crippen LogP contribution is 2.37. The fourth-order valence-electron chi connectivity index (χ4n) is 1.92. The van der Waals surface area contributed by atoms with Crippen molar-refractivity contribution >= 4 is 33.7 Å². The summed E-state index contributed by atoms with van der Waals surface area (Å²) in [6.45, 7) is 0. The van der Waals surface area contributed by atoms with E-state index >= 15 is 0 Å². The number of aliphatic carboxylic acids is 1. The Balaban J connectivity index is 2.14. The molecule has 4 N–H and O–H groups in total. The molecule has 0 aromatic carbocycles. The number of amides is 2. The molecule has 1 aromatic rings. The number of carbonyl (C=O) groups is 3. The molecule has 1 unspecified atom stereocenters. The molecule has 2 amide bonds. The van der Waals surface area contributed by atoms with Gasteiger partial charge in [-0.3, -0.25) is 9.59 Å². The number of nitrogens with zero attached hydrogens (tertiary/aromatic N) is 1. The van der Waals surface area contributed by atoms with Crippen molar-refractivity contribution in [2.45, 2.75) is 31.3 Å². The number of hydrogen-bond acceptors (Lipinski definition) is 3. The number of rotatable bonds is 6. The van der Waals surface area contributed by atoms with Gasteiger partial charge < -0.3 is 20.7 Å². The fourth-order valence-corrected chi connectivity index (χ4v) is 2.35. The van der Waals surface area contributed by atoms with E-state index in [-0.39, 0.29) is 6.04 Å². The smallest absolute Gasteiger partial charge is 0.326 e. The van der Waals surface area contributed by atoms with Gasteiger partial charge in [0, 0.05) is 16.7 Å². The van der Waals surface area contributed by atoms with Crippen molar-refractivity contribution in [3.05, 3.63) is 22.4 Å². The molecule has 0 saturated heterocycles. The van der Waals surface area contributed by atoms with Gasteiger partial charge >= 0.3 is 5.97 Å². The maximum absolute atomic E-state index is 12.1. The topological polar surface area (TPSA) is 114 Å². The third-order valence-corrected chi connectivity index (χ3v) is 3.43. The van der Waals surface area contributed by atoms with E-state index in [1.807, 2.05) is 4.57 Å². The first-order valence-electron chi connectivity index (χ1n) is 6.08. The van der Waals surface area contributed by atoms with Crippen LogP contribution in [0.15, 0.2) is 16.7 Å². The van der Waals surface area contributed by atoms with E-state index in [1.165, 1.54) is 0 Å². The van der Waals surface area contributed by atoms with Gasteiger partial charge in [-0.15, -0.1) is 0 Å². The van der Waals surface area contributed by atoms with Gasteiger partial charge in [-0.05, 0) is 34.8 Å². The predicted molar refractivity (Wildman–Crippen MR) is 73.1 cm³/mol. The molecule has 1 aliphatic rings. The number of aromatic nitrogens is 1. The van der Waals surface area contributed by atoms with Crippen molar-refractivity contribution in [1.82, 2.24) is 9.88 Å². The van der Waals surface area contributed by atoms with Crippen LogP contribution in [0.3, 0.4) is 0 Å². The predicted octanol–water partition coefficient (Wildman–Crippen LogP) is 0.644. The van der Waals surface area contributed by atoms with Gasteiger partial charge in [0.15, 0.2) is 0 Å². The maximum atomic E-state index is 12.1. The number of nitrogens with two attached hydrogens (primary N) is 1. The van der Waals surface area contributed by atoms with Crippen molar-refractivity contribution in [2.24, 2.45) is 5.73 Å². The standard InChI is InChI=1S/C12H14BrN3O4/c13-6-3-9(16(5-6)7-1-2-7)11(18)15-8(12(19)20)4-10(14)17/h3,5,7-8H,1-2,4H2,(H2,14,17)(H,15,18)(H,19,20). The number of hydrogen-bond donors (Lipinski definition) is 3. The van der Waals surface area contributed by atoms with E-state index in [0.29, 0.717) is 5.69 Å². The zero-order valence-electron chi connectivity index (χ0n) is 10.5. The molecule has 1 aliphatic carbocycles. The molecule has 0 radical (unpaired) electrons. The average molecular weight is 344 g/mol. The van der Waals surface area contributed by atoms with Crippen LogP contribution in [0.25, 0.3) is 0 Å². The van der Waals surface area contributed by atoms with Gasteiger partial charge in [0.2, 0.25) is 5.91 Å². The molecular formula is C12H14BrN3O4. The SMILES string of the molecule is NC(=O)CC(NC(=O)c1cc(Br)cn1C1CC1)C(=O)O. The zero-order valence-corrected chi connectivity index (χ0v) is 12.1. The van der Waals surface area contributed by atoms with Gasteiger partial charge in [0.25, 0.3) is 5.91 Å². The first kappa shape index (κ1) is 14.6. The van der Waals surface area contributed by atoms with E-state index in [4.69, 9.17) is 10.8 Å². The minimum atomic E-state index is -1.32. The van der Waals surface area contributed by atoms with Gasteiger partial charge in [-0.1, -0.05) is 0 Å². The average Bonchev–Trinajstić information content (AvgIpc) is 3.10. The molecule has 0 spiro atoms. The lowest BCUT2D eigenvalue weighted by Crippen LogP contribution is -2.43. The maximum Gasteiger partial charge on any atom is 0.326 e. The molecule has 7 nitrogen and oxygen atoms in total. The summed E-state index contributed by atoms with van der Waals surface area (Å²) in [7, 11) is 0. The minimum absolute atomic E-state index is 0.279. The van der Waals surface area contributed by atoms with Crippen molar-refractivity contribution in [1.29, 1.82) is 0 Å². The molecule has 1 fully saturated rings. The summed E-state index contributed by atoms with van der Waals surface area (Å²) >= 11 is 3.29. The third kappa shape index (κ3) is 3.38. The molecule has 1 aromatic heterocycles. The van der Waals surface area contributed by atoms with E-state index in [1.54, 1.807) is 12.3 Å². The lowest BCUT2D eigenvalue weighted by molar-refractivity contribution is -0.140. The van der Waals surface area contributed by atoms with Crippen LogP contribution in [0.4, 0.5) is 0 Å². The lowest BCUT2D eigenvalue weighted by Gasteiger charge is -2.14. The Morgan fingerprint density at radius 1 is 1.50 bits per heavy atom. The summed E-state index contributed by atoms with van der Waals surface area (Å²) < 4.78 is 2.55. The van der Waals surface area contributed by atoms with Crippen LogP contribution in [0, 0.1) is 0 Å². The number of nitrogens with one attached hydrogen (secondary N) is 1. The number of primary amides is 1. The van der Waals surface area contributed by atoms with Crippen LogP contribution in [-0.2, 0) is 9.59 Å². The van der Waals surface area contributed by atoms with Crippen LogP contribution in [0.5, 0.6) is 0 Å². The Labute approximate surface area is 123 Å². The van der Waals surface area contributed by atoms with Crippen LogP contribution < -0.4 is 11.1 Å². The van der Waals surface area contributed by atoms with Crippen LogP contribution in [-0.4, -0.2) is 33.5 Å². The Morgan fingerprint density at radius 2 is 2.15 bits per heavy atom. The Kier molecular flexibility index (Phi) is 4.12. The third-order valence-electron chi connectivity index (χ3n) is 3.00. The number of carbonyl (C=O) groups excluding carboxylic acids is 2. The van der Waals surface area contributed by atoms with Gasteiger partial charge in [-0.2, -0.15) is 0 Å². The monoisotopic (exact) mass is 343 g/mol. The van der Waals surface area contributed by atoms with E-state index in [0.717, 1.165) is 17.3 Å². The van der Waals surface area contributed by atoms with Crippen LogP contribution in [0.1, 0.15) is 35.8 Å². The molecule has 1 saturated carbocycles. The van der Waals surface area contributed by atoms with Crippen molar-refractivity contribution < 1.29 is 19.5 Å². The van der Waals surface area contributed by atoms with E-state index in [9.17, 15) is 14.4 Å². The number of halogens is 1. The zero-order chi connectivity index (χ0) is 14.9. The summed E-state index contributed by atoms with van der Waals surface area (Å²) in [5.74, 6) is -2.60. The van der Waals surface area contributed by atoms with Gasteiger partial charge in [0.1, 0.15) is 11.7 Å². The van der Waals surface area contributed by atoms with Crippen molar-refractivity contribution in [3.63, 3.8) is 0 Å². The lowest BCUT2D eigenvalue weighted by atomic mass is 10.2. The quantitative estimate of drug-likeness (QED) is 0.703. The molecule has 2 rings (SSSR count). The minimum Gasteiger partial charge on any atom is -0.480 e. The molecule has 8 heteroatoms. The molecule has 0 aliphatic heterocycles. The second kappa shape index (κ2) is 5.66. The number of carboxylic acids is 1. The Bertz CT molecular complexity index is 565. The second-order valence-corrected chi connectivity index (χ2v) is 5.63. The number of carboxylic acid groups (broad SMARTS) is 1. The molecule has 108 valence electrons. The highest BCUT2D eigenvalue weighted by molar-refractivity contribution is 9.10. The fraction of sp³-hybridized carbons (Fsp3) is 0.417. The second-order valence-electron chi connectivity index (χ2n) is 4.72. The van der Waals surface area contributed by atoms with Gasteiger partial charge in [0.05, 0.1) is 6.42 Å². The van der Waals surface area contributed by atoms with Crippen molar-refractivity contribution in [2.75, 3.05) is 0 Å². The molecule has 0 bridgehead atoms. The summed E-state index contributed by atoms with van der Waals surface area (Å²) in [5, 5.41) is 11.3. The van der Waals surface area contributed by atoms with Gasteiger partial charge in [-0.25, -0.2) is 4.79 Å². The van der Waals surface area contributed by atoms with Crippen LogP contribution >= 0.6 is 15.9 Å². The normalized spacial score (nSPS) is 15.7. The summed E-state index contributed by atoms with van der Waals surface area (Å²) in [4.78, 5) is 34.0. The van der Waals surface area contributed by atoms with Crippen molar-refractivity contribution in [3.8, 4) is 0 Å². The summed E-state index contributed by atoms with van der Waals surface area (Å²) in [6.07, 6.45) is 3.33. The molecule has 20 heavy (non-hydrogen) atoms. The highest BCUT2D eigenvalue weighted by atomic mass is 79.9. The Hall–Kier alpha value is -1.83. The Morgan fingerprint density at radius 3 is 2.65 bits per heavy atom. The first-order valence-corrected chi connectivity index (χ1v) is 6.87. The van der Waals surface area contributed by atoms with E-state index < -0.39 is 30.2 Å². The largest absolute Gasteiger partial charge is 0.480 e. The summed E-state index contributed by atoms with van der Waals surface area (Å²) in [6, 6.07) is 0.583. The highest BCUT2D eigenvalue weighted by Gasteiger charge is 2.29. The molecule has 1 heterocycles.